The molecule has 0 radical (unpaired) electrons. The summed E-state index contributed by atoms with van der Waals surface area (Å²) in [7, 11) is 0. The Kier molecular flexibility index (Phi) is 7.29. The van der Waals surface area contributed by atoms with E-state index in [0.29, 0.717) is 28.6 Å². The molecular formula is C24H28Cl2N4O. The van der Waals surface area contributed by atoms with Crippen LogP contribution in [0.25, 0.3) is 5.52 Å². The number of fused-ring (bicyclic) bond motifs is 1. The Morgan fingerprint density at radius 3 is 2.61 bits per heavy atom. The maximum atomic E-state index is 11.5. The fraction of sp³-hybridized carbons (Fsp3) is 0.333. The van der Waals surface area contributed by atoms with Gasteiger partial charge in [0.25, 0.3) is 0 Å². The molecule has 1 unspecified atom stereocenters. The molecule has 2 N–H and O–H groups in total. The van der Waals surface area contributed by atoms with Gasteiger partial charge in [0.05, 0.1) is 28.5 Å². The molecule has 2 aliphatic rings. The van der Waals surface area contributed by atoms with Crippen molar-refractivity contribution in [3.8, 4) is 0 Å². The Hall–Kier alpha value is -2.50. The molecule has 2 aromatic heterocycles. The second-order valence-corrected chi connectivity index (χ2v) is 8.29. The van der Waals surface area contributed by atoms with Crippen LogP contribution < -0.4 is 10.6 Å². The van der Waals surface area contributed by atoms with Crippen LogP contribution in [-0.2, 0) is 4.79 Å². The molecule has 5 nitrogen and oxygen atoms in total. The van der Waals surface area contributed by atoms with Crippen LogP contribution in [0.15, 0.2) is 58.2 Å². The highest BCUT2D eigenvalue weighted by molar-refractivity contribution is 6.35. The number of carbonyl (C=O) groups is 1. The fourth-order valence-electron chi connectivity index (χ4n) is 3.97. The quantitative estimate of drug-likeness (QED) is 0.660. The summed E-state index contributed by atoms with van der Waals surface area (Å²) < 4.78 is 1.98. The van der Waals surface area contributed by atoms with E-state index in [0.717, 1.165) is 34.7 Å². The largest absolute Gasteiger partial charge is 0.366 e. The van der Waals surface area contributed by atoms with E-state index in [2.05, 4.69) is 24.0 Å². The first-order valence-electron chi connectivity index (χ1n) is 10.5. The number of rotatable bonds is 3. The van der Waals surface area contributed by atoms with Gasteiger partial charge in [0.2, 0.25) is 5.91 Å². The lowest BCUT2D eigenvalue weighted by Gasteiger charge is -2.28. The van der Waals surface area contributed by atoms with Crippen molar-refractivity contribution in [3.63, 3.8) is 0 Å². The maximum Gasteiger partial charge on any atom is 0.244 e. The third-order valence-corrected chi connectivity index (χ3v) is 5.95. The van der Waals surface area contributed by atoms with Crippen LogP contribution in [0, 0.1) is 13.8 Å². The van der Waals surface area contributed by atoms with Gasteiger partial charge < -0.3 is 10.6 Å². The Labute approximate surface area is 193 Å². The number of amides is 1. The smallest absolute Gasteiger partial charge is 0.244 e. The topological polar surface area (TPSA) is 63.6 Å². The molecule has 7 heteroatoms. The van der Waals surface area contributed by atoms with Crippen LogP contribution >= 0.6 is 23.2 Å². The minimum atomic E-state index is -0.338. The highest BCUT2D eigenvalue weighted by Gasteiger charge is 2.24. The van der Waals surface area contributed by atoms with Crippen molar-refractivity contribution in [3.05, 3.63) is 75.1 Å². The number of halogens is 2. The normalized spacial score (nSPS) is 18.6. The average molecular weight is 459 g/mol. The van der Waals surface area contributed by atoms with Crippen molar-refractivity contribution in [2.75, 3.05) is 18.0 Å². The zero-order valence-corrected chi connectivity index (χ0v) is 19.8. The molecule has 1 aliphatic heterocycles. The van der Waals surface area contributed by atoms with Gasteiger partial charge in [-0.25, -0.2) is 4.52 Å². The lowest BCUT2D eigenvalue weighted by molar-refractivity contribution is -0.114. The van der Waals surface area contributed by atoms with E-state index in [1.54, 1.807) is 6.08 Å². The second kappa shape index (κ2) is 9.75. The van der Waals surface area contributed by atoms with Crippen LogP contribution in [0.3, 0.4) is 0 Å². The number of allylic oxidation sites excluding steroid dienone is 6. The summed E-state index contributed by atoms with van der Waals surface area (Å²) in [6.45, 7) is 9.43. The summed E-state index contributed by atoms with van der Waals surface area (Å²) in [4.78, 5) is 13.7. The molecule has 4 rings (SSSR count). The van der Waals surface area contributed by atoms with Gasteiger partial charge in [0.15, 0.2) is 0 Å². The van der Waals surface area contributed by atoms with Crippen molar-refractivity contribution in [1.82, 2.24) is 9.61 Å². The highest BCUT2D eigenvalue weighted by atomic mass is 35.5. The molecule has 3 heterocycles. The lowest BCUT2D eigenvalue weighted by Crippen LogP contribution is -2.32. The molecular weight excluding hydrogens is 431 g/mol. The van der Waals surface area contributed by atoms with Crippen molar-refractivity contribution in [2.45, 2.75) is 40.0 Å². The summed E-state index contributed by atoms with van der Waals surface area (Å²) in [5.41, 5.74) is 11.3. The minimum absolute atomic E-state index is 0.128. The summed E-state index contributed by atoms with van der Waals surface area (Å²) >= 11 is 12.8. The van der Waals surface area contributed by atoms with Crippen LogP contribution in [0.5, 0.6) is 0 Å². The second-order valence-electron chi connectivity index (χ2n) is 7.41. The number of primary amides is 1. The van der Waals surface area contributed by atoms with Gasteiger partial charge in [0, 0.05) is 28.7 Å². The van der Waals surface area contributed by atoms with E-state index in [-0.39, 0.29) is 11.8 Å². The molecule has 2 aromatic rings. The highest BCUT2D eigenvalue weighted by Crippen LogP contribution is 2.37. The predicted molar refractivity (Wildman–Crippen MR) is 130 cm³/mol. The SMILES string of the molecule is CC.Cc1cc(N2CC=C(C(N)=O)CC2)c2cc(C)c(C3C=CC=C(Cl)C=C3Cl)n2n1. The van der Waals surface area contributed by atoms with E-state index in [9.17, 15) is 4.79 Å². The van der Waals surface area contributed by atoms with E-state index >= 15 is 0 Å². The van der Waals surface area contributed by atoms with Crippen molar-refractivity contribution < 1.29 is 4.79 Å². The number of hydrogen-bond donors (Lipinski definition) is 1. The molecule has 0 spiro atoms. The van der Waals surface area contributed by atoms with Crippen LogP contribution in [0.2, 0.25) is 0 Å². The van der Waals surface area contributed by atoms with Crippen LogP contribution in [0.4, 0.5) is 5.69 Å². The molecule has 164 valence electrons. The van der Waals surface area contributed by atoms with Crippen LogP contribution in [-0.4, -0.2) is 28.6 Å². The predicted octanol–water partition coefficient (Wildman–Crippen LogP) is 5.50. The van der Waals surface area contributed by atoms with E-state index in [4.69, 9.17) is 34.0 Å². The first kappa shape index (κ1) is 23.2. The zero-order chi connectivity index (χ0) is 22.7. The summed E-state index contributed by atoms with van der Waals surface area (Å²) in [6, 6.07) is 4.23. The number of nitrogens with two attached hydrogens (primary N) is 1. The van der Waals surface area contributed by atoms with Gasteiger partial charge in [-0.1, -0.05) is 55.3 Å². The molecule has 0 saturated heterocycles. The van der Waals surface area contributed by atoms with Crippen molar-refractivity contribution >= 4 is 40.3 Å². The molecule has 1 aliphatic carbocycles. The third-order valence-electron chi connectivity index (χ3n) is 5.37. The maximum absolute atomic E-state index is 11.5. The van der Waals surface area contributed by atoms with Gasteiger partial charge in [-0.15, -0.1) is 0 Å². The van der Waals surface area contributed by atoms with Gasteiger partial charge >= 0.3 is 0 Å². The van der Waals surface area contributed by atoms with Crippen molar-refractivity contribution in [2.24, 2.45) is 5.73 Å². The van der Waals surface area contributed by atoms with Crippen molar-refractivity contribution in [1.29, 1.82) is 0 Å². The Morgan fingerprint density at radius 1 is 1.23 bits per heavy atom. The Balaban J connectivity index is 0.00000132. The molecule has 0 bridgehead atoms. The summed E-state index contributed by atoms with van der Waals surface area (Å²) in [5, 5.41) is 6.04. The van der Waals surface area contributed by atoms with E-state index < -0.39 is 0 Å². The van der Waals surface area contributed by atoms with E-state index in [1.165, 1.54) is 0 Å². The number of carbonyl (C=O) groups excluding carboxylic acids is 1. The first-order valence-corrected chi connectivity index (χ1v) is 11.3. The number of aromatic nitrogens is 2. The lowest BCUT2D eigenvalue weighted by atomic mass is 10.0. The monoisotopic (exact) mass is 458 g/mol. The molecule has 0 fully saturated rings. The molecule has 31 heavy (non-hydrogen) atoms. The molecule has 1 amide bonds. The van der Waals surface area contributed by atoms with Gasteiger partial charge in [-0.2, -0.15) is 5.10 Å². The summed E-state index contributed by atoms with van der Waals surface area (Å²) in [6.07, 6.45) is 10.1. The summed E-state index contributed by atoms with van der Waals surface area (Å²) in [5.74, 6) is -0.466. The number of aryl methyl sites for hydroxylation is 2. The zero-order valence-electron chi connectivity index (χ0n) is 18.3. The third kappa shape index (κ3) is 4.73. The van der Waals surface area contributed by atoms with Gasteiger partial charge in [-0.05, 0) is 50.1 Å². The number of nitrogens with zero attached hydrogens (tertiary/aromatic N) is 3. The number of anilines is 1. The standard InChI is InChI=1S/C22H22Cl2N4O.C2H6/c1-13-10-20-19(27-8-6-15(7-9-27)22(25)29)11-14(2)26-28(20)21(13)17-5-3-4-16(23)12-18(17)24;1-2/h3-6,10-12,17H,7-9H2,1-2H3,(H2,25,29);1-2H3. The molecule has 0 aromatic carbocycles. The van der Waals surface area contributed by atoms with Crippen LogP contribution in [0.1, 0.15) is 43.1 Å². The van der Waals surface area contributed by atoms with E-state index in [1.807, 2.05) is 49.6 Å². The number of hydrogen-bond acceptors (Lipinski definition) is 3. The Bertz CT molecular complexity index is 1120. The average Bonchev–Trinajstić information content (AvgIpc) is 2.97. The molecule has 0 saturated carbocycles. The van der Waals surface area contributed by atoms with Gasteiger partial charge in [0.1, 0.15) is 0 Å². The molecule has 1 atom stereocenters. The van der Waals surface area contributed by atoms with Gasteiger partial charge in [-0.3, -0.25) is 4.79 Å². The fourth-order valence-corrected chi connectivity index (χ4v) is 4.51. The minimum Gasteiger partial charge on any atom is -0.366 e. The first-order chi connectivity index (χ1) is 14.8. The Morgan fingerprint density at radius 2 is 1.97 bits per heavy atom.